The van der Waals surface area contributed by atoms with Gasteiger partial charge in [-0.25, -0.2) is 0 Å². The molecule has 0 saturated carbocycles. The normalized spacial score (nSPS) is 10.8. The van der Waals surface area contributed by atoms with E-state index in [4.69, 9.17) is 5.73 Å². The lowest BCUT2D eigenvalue weighted by Crippen LogP contribution is -2.02. The molecule has 2 heterocycles. The Kier molecular flexibility index (Phi) is 4.29. The zero-order valence-corrected chi connectivity index (χ0v) is 12.8. The van der Waals surface area contributed by atoms with Crippen LogP contribution in [-0.2, 0) is 12.3 Å². The van der Waals surface area contributed by atoms with E-state index in [0.717, 1.165) is 33.0 Å². The molecule has 0 aliphatic rings. The Morgan fingerprint density at radius 1 is 1.50 bits per heavy atom. The summed E-state index contributed by atoms with van der Waals surface area (Å²) in [5.41, 5.74) is 8.82. The van der Waals surface area contributed by atoms with E-state index in [2.05, 4.69) is 32.9 Å². The highest BCUT2D eigenvalue weighted by atomic mass is 79.9. The maximum Gasteiger partial charge on any atom is 0.0739 e. The highest BCUT2D eigenvalue weighted by molar-refractivity contribution is 9.10. The number of nitrogen functional groups attached to an aromatic ring is 1. The van der Waals surface area contributed by atoms with E-state index < -0.39 is 0 Å². The molecular weight excluding hydrogens is 312 g/mol. The van der Waals surface area contributed by atoms with E-state index in [1.807, 2.05) is 17.7 Å². The van der Waals surface area contributed by atoms with Crippen molar-refractivity contribution in [3.8, 4) is 0 Å². The molecular formula is C12H15BrN4S. The third-order valence-electron chi connectivity index (χ3n) is 2.63. The molecule has 2 N–H and O–H groups in total. The van der Waals surface area contributed by atoms with Gasteiger partial charge >= 0.3 is 0 Å². The van der Waals surface area contributed by atoms with Crippen LogP contribution in [-0.4, -0.2) is 14.8 Å². The number of anilines is 1. The second-order valence-electron chi connectivity index (χ2n) is 3.86. The van der Waals surface area contributed by atoms with Crippen molar-refractivity contribution in [2.24, 2.45) is 0 Å². The van der Waals surface area contributed by atoms with Crippen molar-refractivity contribution in [1.29, 1.82) is 0 Å². The molecule has 0 atom stereocenters. The van der Waals surface area contributed by atoms with Crippen LogP contribution in [0, 0.1) is 6.92 Å². The molecule has 4 nitrogen and oxygen atoms in total. The van der Waals surface area contributed by atoms with Gasteiger partial charge in [0.1, 0.15) is 0 Å². The zero-order valence-electron chi connectivity index (χ0n) is 10.4. The van der Waals surface area contributed by atoms with Gasteiger partial charge in [-0.05, 0) is 35.8 Å². The second-order valence-corrected chi connectivity index (χ2v) is 5.67. The number of thioether (sulfide) groups is 1. The molecule has 0 radical (unpaired) electrons. The summed E-state index contributed by atoms with van der Waals surface area (Å²) in [4.78, 5) is 5.04. The summed E-state index contributed by atoms with van der Waals surface area (Å²) in [6, 6.07) is 1.94. The lowest BCUT2D eigenvalue weighted by atomic mass is 10.4. The number of halogens is 1. The first-order valence-electron chi connectivity index (χ1n) is 5.67. The average molecular weight is 327 g/mol. The fraction of sp³-hybridized carbons (Fsp3) is 0.333. The van der Waals surface area contributed by atoms with Crippen LogP contribution in [0.25, 0.3) is 0 Å². The molecule has 0 amide bonds. The Labute approximate surface area is 119 Å². The Morgan fingerprint density at radius 2 is 2.28 bits per heavy atom. The van der Waals surface area contributed by atoms with Crippen LogP contribution in [0.2, 0.25) is 0 Å². The largest absolute Gasteiger partial charge is 0.397 e. The van der Waals surface area contributed by atoms with Crippen molar-refractivity contribution in [1.82, 2.24) is 14.8 Å². The summed E-state index contributed by atoms with van der Waals surface area (Å²) < 4.78 is 3.11. The fourth-order valence-electron chi connectivity index (χ4n) is 1.68. The number of hydrogen-bond donors (Lipinski definition) is 1. The van der Waals surface area contributed by atoms with Gasteiger partial charge in [0.25, 0.3) is 0 Å². The van der Waals surface area contributed by atoms with Gasteiger partial charge in [0.15, 0.2) is 0 Å². The zero-order chi connectivity index (χ0) is 13.1. The van der Waals surface area contributed by atoms with Crippen molar-refractivity contribution in [3.63, 3.8) is 0 Å². The van der Waals surface area contributed by atoms with Gasteiger partial charge in [0, 0.05) is 23.4 Å². The molecule has 0 aliphatic carbocycles. The summed E-state index contributed by atoms with van der Waals surface area (Å²) in [6.45, 7) is 4.97. The van der Waals surface area contributed by atoms with E-state index in [-0.39, 0.29) is 0 Å². The van der Waals surface area contributed by atoms with Crippen molar-refractivity contribution < 1.29 is 0 Å². The van der Waals surface area contributed by atoms with Crippen molar-refractivity contribution in [2.45, 2.75) is 31.0 Å². The average Bonchev–Trinajstić information content (AvgIpc) is 2.65. The van der Waals surface area contributed by atoms with Crippen LogP contribution in [0.3, 0.4) is 0 Å². The predicted molar refractivity (Wildman–Crippen MR) is 78.5 cm³/mol. The first-order chi connectivity index (χ1) is 8.63. The van der Waals surface area contributed by atoms with E-state index in [9.17, 15) is 0 Å². The number of nitrogens with two attached hydrogens (primary N) is 1. The van der Waals surface area contributed by atoms with Gasteiger partial charge in [-0.3, -0.25) is 9.67 Å². The molecule has 96 valence electrons. The fourth-order valence-corrected chi connectivity index (χ4v) is 3.25. The molecule has 0 spiro atoms. The predicted octanol–water partition coefficient (Wildman–Crippen LogP) is 3.24. The van der Waals surface area contributed by atoms with Crippen molar-refractivity contribution >= 4 is 33.4 Å². The molecule has 0 fully saturated rings. The summed E-state index contributed by atoms with van der Waals surface area (Å²) in [5, 5.41) is 4.48. The standard InChI is InChI=1S/C12H15BrN4S/c1-3-17-10(12(13)8(2)16-17)7-18-11-4-5-15-6-9(11)14/h4-6H,3,7,14H2,1-2H3. The topological polar surface area (TPSA) is 56.7 Å². The summed E-state index contributed by atoms with van der Waals surface area (Å²) in [6.07, 6.45) is 3.44. The number of aromatic nitrogens is 3. The van der Waals surface area contributed by atoms with Gasteiger partial charge in [0.05, 0.1) is 27.7 Å². The second kappa shape index (κ2) is 5.75. The maximum atomic E-state index is 5.88. The van der Waals surface area contributed by atoms with Gasteiger partial charge in [-0.1, -0.05) is 0 Å². The van der Waals surface area contributed by atoms with Gasteiger partial charge in [0.2, 0.25) is 0 Å². The molecule has 2 rings (SSSR count). The number of aryl methyl sites for hydroxylation is 2. The SMILES string of the molecule is CCn1nc(C)c(Br)c1CSc1ccncc1N. The number of pyridine rings is 1. The molecule has 0 aromatic carbocycles. The Hall–Kier alpha value is -1.01. The van der Waals surface area contributed by atoms with Crippen LogP contribution >= 0.6 is 27.7 Å². The number of rotatable bonds is 4. The summed E-state index contributed by atoms with van der Waals surface area (Å²) in [7, 11) is 0. The molecule has 0 aliphatic heterocycles. The molecule has 0 saturated heterocycles. The first kappa shape index (κ1) is 13.4. The van der Waals surface area contributed by atoms with Gasteiger partial charge < -0.3 is 5.73 Å². The molecule has 6 heteroatoms. The van der Waals surface area contributed by atoms with Crippen LogP contribution in [0.1, 0.15) is 18.3 Å². The minimum absolute atomic E-state index is 0.720. The smallest absolute Gasteiger partial charge is 0.0739 e. The number of nitrogens with zero attached hydrogens (tertiary/aromatic N) is 3. The minimum atomic E-state index is 0.720. The first-order valence-corrected chi connectivity index (χ1v) is 7.45. The highest BCUT2D eigenvalue weighted by Gasteiger charge is 2.12. The third-order valence-corrected chi connectivity index (χ3v) is 4.76. The number of hydrogen-bond acceptors (Lipinski definition) is 4. The summed E-state index contributed by atoms with van der Waals surface area (Å²) in [5.74, 6) is 0.837. The monoisotopic (exact) mass is 326 g/mol. The van der Waals surface area contributed by atoms with E-state index in [0.29, 0.717) is 0 Å². The van der Waals surface area contributed by atoms with E-state index in [1.165, 1.54) is 5.69 Å². The van der Waals surface area contributed by atoms with Gasteiger partial charge in [-0.2, -0.15) is 5.10 Å². The molecule has 2 aromatic rings. The van der Waals surface area contributed by atoms with Crippen LogP contribution in [0.5, 0.6) is 0 Å². The quantitative estimate of drug-likeness (QED) is 0.876. The lowest BCUT2D eigenvalue weighted by molar-refractivity contribution is 0.631. The van der Waals surface area contributed by atoms with Crippen LogP contribution < -0.4 is 5.73 Å². The Balaban J connectivity index is 2.18. The summed E-state index contributed by atoms with van der Waals surface area (Å²) >= 11 is 5.29. The molecule has 18 heavy (non-hydrogen) atoms. The lowest BCUT2D eigenvalue weighted by Gasteiger charge is -2.07. The van der Waals surface area contributed by atoms with E-state index in [1.54, 1.807) is 24.2 Å². The Morgan fingerprint density at radius 3 is 2.94 bits per heavy atom. The Bertz CT molecular complexity index is 553. The maximum absolute atomic E-state index is 5.88. The van der Waals surface area contributed by atoms with Crippen molar-refractivity contribution in [2.75, 3.05) is 5.73 Å². The van der Waals surface area contributed by atoms with Crippen molar-refractivity contribution in [3.05, 3.63) is 34.3 Å². The minimum Gasteiger partial charge on any atom is -0.397 e. The van der Waals surface area contributed by atoms with Gasteiger partial charge in [-0.15, -0.1) is 11.8 Å². The highest BCUT2D eigenvalue weighted by Crippen LogP contribution is 2.31. The molecule has 0 bridgehead atoms. The van der Waals surface area contributed by atoms with E-state index >= 15 is 0 Å². The third kappa shape index (κ3) is 2.70. The molecule has 2 aromatic heterocycles. The van der Waals surface area contributed by atoms with Crippen LogP contribution in [0.15, 0.2) is 27.8 Å². The van der Waals surface area contributed by atoms with Crippen LogP contribution in [0.4, 0.5) is 5.69 Å². The molecule has 0 unspecified atom stereocenters.